The molecule has 1 fully saturated rings. The van der Waals surface area contributed by atoms with Gasteiger partial charge in [0.25, 0.3) is 5.91 Å². The number of benzene rings is 1. The quantitative estimate of drug-likeness (QED) is 0.164. The summed E-state index contributed by atoms with van der Waals surface area (Å²) in [5, 5.41) is 9.65. The fourth-order valence-electron chi connectivity index (χ4n) is 3.73. The number of thiocarbonyl (C=S) groups is 1. The maximum atomic E-state index is 13.0. The molecule has 0 aliphatic carbocycles. The van der Waals surface area contributed by atoms with E-state index in [-0.39, 0.29) is 16.1 Å². The van der Waals surface area contributed by atoms with E-state index in [1.807, 2.05) is 39.0 Å². The Morgan fingerprint density at radius 1 is 1.12 bits per heavy atom. The summed E-state index contributed by atoms with van der Waals surface area (Å²) in [5.41, 5.74) is 0.770. The molecular weight excluding hydrogens is 470 g/mol. The molecule has 0 radical (unpaired) electrons. The molecule has 1 unspecified atom stereocenters. The largest absolute Gasteiger partial charge is 0.490 e. The molecule has 0 bridgehead atoms. The van der Waals surface area contributed by atoms with Crippen LogP contribution in [0.2, 0.25) is 0 Å². The Hall–Kier alpha value is -2.06. The second-order valence-corrected chi connectivity index (χ2v) is 10.5. The average molecular weight is 508 g/mol. The molecule has 1 aromatic rings. The molecule has 1 atom stereocenters. The molecular formula is C26H37NO5S2. The van der Waals surface area contributed by atoms with Gasteiger partial charge in [-0.2, -0.15) is 0 Å². The first-order valence-corrected chi connectivity index (χ1v) is 13.4. The van der Waals surface area contributed by atoms with Crippen LogP contribution in [0.15, 0.2) is 23.1 Å². The van der Waals surface area contributed by atoms with Crippen molar-refractivity contribution in [1.82, 2.24) is 4.90 Å². The van der Waals surface area contributed by atoms with Crippen LogP contribution in [0.5, 0.6) is 11.5 Å². The van der Waals surface area contributed by atoms with Gasteiger partial charge in [0.1, 0.15) is 10.4 Å². The molecule has 1 N–H and O–H groups in total. The van der Waals surface area contributed by atoms with Crippen molar-refractivity contribution in [2.24, 2.45) is 5.92 Å². The van der Waals surface area contributed by atoms with Gasteiger partial charge in [0.05, 0.1) is 18.1 Å². The molecule has 1 aliphatic heterocycles. The molecule has 1 amide bonds. The summed E-state index contributed by atoms with van der Waals surface area (Å²) in [6, 6.07) is 4.60. The van der Waals surface area contributed by atoms with Gasteiger partial charge in [-0.15, -0.1) is 0 Å². The summed E-state index contributed by atoms with van der Waals surface area (Å²) in [5.74, 6) is 0.0115. The van der Waals surface area contributed by atoms with E-state index in [0.717, 1.165) is 30.2 Å². The van der Waals surface area contributed by atoms with Crippen molar-refractivity contribution in [3.63, 3.8) is 0 Å². The number of nitrogens with zero attached hydrogens (tertiary/aromatic N) is 1. The molecule has 188 valence electrons. The normalized spacial score (nSPS) is 15.9. The summed E-state index contributed by atoms with van der Waals surface area (Å²) in [6.45, 7) is 9.11. The molecule has 1 aliphatic rings. The van der Waals surface area contributed by atoms with Crippen molar-refractivity contribution in [2.45, 2.75) is 78.7 Å². The number of carboxylic acids is 1. The zero-order chi connectivity index (χ0) is 25.1. The minimum Gasteiger partial charge on any atom is -0.490 e. The number of rotatable bonds is 15. The van der Waals surface area contributed by atoms with Gasteiger partial charge in [-0.3, -0.25) is 9.69 Å². The highest BCUT2D eigenvalue weighted by Gasteiger charge is 2.40. The maximum Gasteiger partial charge on any atom is 0.326 e. The van der Waals surface area contributed by atoms with Crippen LogP contribution in [0.3, 0.4) is 0 Å². The van der Waals surface area contributed by atoms with Crippen molar-refractivity contribution in [3.8, 4) is 11.5 Å². The lowest BCUT2D eigenvalue weighted by molar-refractivity contribution is -0.145. The Kier molecular flexibility index (Phi) is 11.9. The van der Waals surface area contributed by atoms with Gasteiger partial charge in [-0.25, -0.2) is 4.79 Å². The average Bonchev–Trinajstić information content (AvgIpc) is 3.05. The van der Waals surface area contributed by atoms with Crippen molar-refractivity contribution in [1.29, 1.82) is 0 Å². The van der Waals surface area contributed by atoms with Crippen LogP contribution in [0.25, 0.3) is 6.08 Å². The van der Waals surface area contributed by atoms with Gasteiger partial charge in [-0.1, -0.05) is 82.9 Å². The number of carboxylic acid groups (broad SMARTS) is 1. The van der Waals surface area contributed by atoms with Gasteiger partial charge in [0, 0.05) is 0 Å². The molecule has 0 saturated carbocycles. The van der Waals surface area contributed by atoms with Crippen LogP contribution in [-0.2, 0) is 9.59 Å². The number of amides is 1. The van der Waals surface area contributed by atoms with E-state index in [2.05, 4.69) is 6.92 Å². The molecule has 34 heavy (non-hydrogen) atoms. The van der Waals surface area contributed by atoms with Crippen LogP contribution in [-0.4, -0.2) is 45.5 Å². The van der Waals surface area contributed by atoms with Gasteiger partial charge in [0.2, 0.25) is 0 Å². The summed E-state index contributed by atoms with van der Waals surface area (Å²) >= 11 is 6.49. The third-order valence-electron chi connectivity index (χ3n) is 5.44. The lowest BCUT2D eigenvalue weighted by Crippen LogP contribution is -2.44. The van der Waals surface area contributed by atoms with Crippen molar-refractivity contribution < 1.29 is 24.2 Å². The molecule has 1 aromatic carbocycles. The zero-order valence-corrected chi connectivity index (χ0v) is 22.3. The topological polar surface area (TPSA) is 76.1 Å². The Balaban J connectivity index is 2.11. The van der Waals surface area contributed by atoms with Crippen LogP contribution in [0.4, 0.5) is 0 Å². The number of hydrogen-bond donors (Lipinski definition) is 1. The number of thioether (sulfide) groups is 1. The van der Waals surface area contributed by atoms with Gasteiger partial charge < -0.3 is 14.6 Å². The van der Waals surface area contributed by atoms with Gasteiger partial charge in [0.15, 0.2) is 11.5 Å². The standard InChI is InChI=1S/C26H37NO5S2/c1-5-7-8-9-10-11-14-32-21-13-12-19(16-22(21)31-6-2)17-23-24(28)27(26(33)34-23)20(25(29)30)15-18(3)4/h12-13,16-18,20H,5-11,14-15H2,1-4H3,(H,29,30)/b23-17+. The molecule has 8 heteroatoms. The number of unbranched alkanes of at least 4 members (excludes halogenated alkanes) is 5. The SMILES string of the molecule is CCCCCCCCOc1ccc(/C=C2/SC(=S)N(C(CC(C)C)C(=O)O)C2=O)cc1OCC. The smallest absolute Gasteiger partial charge is 0.326 e. The summed E-state index contributed by atoms with van der Waals surface area (Å²) in [6.07, 6.45) is 9.24. The van der Waals surface area contributed by atoms with Crippen molar-refractivity contribution >= 4 is 46.3 Å². The second kappa shape index (κ2) is 14.4. The first kappa shape index (κ1) is 28.2. The molecule has 0 aromatic heterocycles. The van der Waals surface area contributed by atoms with Gasteiger partial charge >= 0.3 is 5.97 Å². The monoisotopic (exact) mass is 507 g/mol. The molecule has 0 spiro atoms. The Bertz CT molecular complexity index is 884. The number of carbonyl (C=O) groups excluding carboxylic acids is 1. The Morgan fingerprint density at radius 2 is 1.82 bits per heavy atom. The number of aliphatic carboxylic acids is 1. The fourth-order valence-corrected chi connectivity index (χ4v) is 5.09. The first-order valence-electron chi connectivity index (χ1n) is 12.2. The summed E-state index contributed by atoms with van der Waals surface area (Å²) < 4.78 is 12.0. The van der Waals surface area contributed by atoms with E-state index in [0.29, 0.717) is 36.0 Å². The fraction of sp³-hybridized carbons (Fsp3) is 0.577. The highest BCUT2D eigenvalue weighted by atomic mass is 32.2. The van der Waals surface area contributed by atoms with E-state index < -0.39 is 12.0 Å². The van der Waals surface area contributed by atoms with E-state index in [4.69, 9.17) is 21.7 Å². The highest BCUT2D eigenvalue weighted by molar-refractivity contribution is 8.26. The maximum absolute atomic E-state index is 13.0. The van der Waals surface area contributed by atoms with Crippen LogP contribution in [0, 0.1) is 5.92 Å². The van der Waals surface area contributed by atoms with E-state index in [1.54, 1.807) is 6.08 Å². The lowest BCUT2D eigenvalue weighted by Gasteiger charge is -2.24. The minimum absolute atomic E-state index is 0.118. The molecule has 2 rings (SSSR count). The zero-order valence-electron chi connectivity index (χ0n) is 20.7. The highest BCUT2D eigenvalue weighted by Crippen LogP contribution is 2.37. The number of carbonyl (C=O) groups is 2. The number of hydrogen-bond acceptors (Lipinski definition) is 6. The number of ether oxygens (including phenoxy) is 2. The van der Waals surface area contributed by atoms with Crippen LogP contribution >= 0.6 is 24.0 Å². The first-order chi connectivity index (χ1) is 16.3. The van der Waals surface area contributed by atoms with E-state index in [9.17, 15) is 14.7 Å². The summed E-state index contributed by atoms with van der Waals surface area (Å²) in [7, 11) is 0. The van der Waals surface area contributed by atoms with Crippen molar-refractivity contribution in [3.05, 3.63) is 28.7 Å². The van der Waals surface area contributed by atoms with Crippen LogP contribution in [0.1, 0.15) is 78.2 Å². The van der Waals surface area contributed by atoms with Gasteiger partial charge in [-0.05, 0) is 49.5 Å². The molecule has 6 nitrogen and oxygen atoms in total. The predicted octanol–water partition coefficient (Wildman–Crippen LogP) is 6.53. The van der Waals surface area contributed by atoms with Crippen molar-refractivity contribution in [2.75, 3.05) is 13.2 Å². The third kappa shape index (κ3) is 8.31. The van der Waals surface area contributed by atoms with E-state index >= 15 is 0 Å². The molecule has 1 saturated heterocycles. The Morgan fingerprint density at radius 3 is 2.47 bits per heavy atom. The molecule has 1 heterocycles. The third-order valence-corrected chi connectivity index (χ3v) is 6.77. The Labute approximate surface area is 213 Å². The minimum atomic E-state index is -1.04. The lowest BCUT2D eigenvalue weighted by atomic mass is 10.0. The second-order valence-electron chi connectivity index (χ2n) is 8.79. The summed E-state index contributed by atoms with van der Waals surface area (Å²) in [4.78, 5) is 26.5. The predicted molar refractivity (Wildman–Crippen MR) is 142 cm³/mol. The van der Waals surface area contributed by atoms with E-state index in [1.165, 1.54) is 30.6 Å². The van der Waals surface area contributed by atoms with Crippen LogP contribution < -0.4 is 9.47 Å².